The van der Waals surface area contributed by atoms with Crippen molar-refractivity contribution in [1.82, 2.24) is 10.2 Å². The van der Waals surface area contributed by atoms with Crippen LogP contribution in [0.2, 0.25) is 0 Å². The van der Waals surface area contributed by atoms with Crippen molar-refractivity contribution < 1.29 is 23.8 Å². The van der Waals surface area contributed by atoms with Crippen molar-refractivity contribution in [3.05, 3.63) is 40.1 Å². The van der Waals surface area contributed by atoms with Gasteiger partial charge in [-0.3, -0.25) is 14.5 Å². The lowest BCUT2D eigenvalue weighted by Crippen LogP contribution is -2.39. The van der Waals surface area contributed by atoms with Crippen LogP contribution in [0.15, 0.2) is 29.5 Å². The highest BCUT2D eigenvalue weighted by Gasteiger charge is 2.53. The molecule has 0 radical (unpaired) electrons. The van der Waals surface area contributed by atoms with E-state index in [0.29, 0.717) is 28.8 Å². The summed E-state index contributed by atoms with van der Waals surface area (Å²) in [4.78, 5) is 29.1. The molecule has 1 amide bonds. The lowest BCUT2D eigenvalue weighted by molar-refractivity contribution is -0.131. The molecule has 2 aliphatic heterocycles. The zero-order valence-corrected chi connectivity index (χ0v) is 20.7. The first kappa shape index (κ1) is 22.8. The van der Waals surface area contributed by atoms with E-state index in [-0.39, 0.29) is 35.4 Å². The predicted octanol–water partition coefficient (Wildman–Crippen LogP) is 4.57. The summed E-state index contributed by atoms with van der Waals surface area (Å²) in [6.07, 6.45) is 3.33. The van der Waals surface area contributed by atoms with E-state index < -0.39 is 6.04 Å². The van der Waals surface area contributed by atoms with Crippen LogP contribution < -0.4 is 14.4 Å². The van der Waals surface area contributed by atoms with Gasteiger partial charge in [0.05, 0.1) is 31.2 Å². The molecule has 1 saturated carbocycles. The van der Waals surface area contributed by atoms with E-state index in [1.165, 1.54) is 11.3 Å². The molecular formula is C25H29N3O5S. The third-order valence-electron chi connectivity index (χ3n) is 6.70. The molecule has 3 atom stereocenters. The van der Waals surface area contributed by atoms with Crippen LogP contribution in [0.1, 0.15) is 69.0 Å². The van der Waals surface area contributed by atoms with Gasteiger partial charge >= 0.3 is 0 Å². The number of carbonyl (C=O) groups is 2. The number of anilines is 1. The average molecular weight is 484 g/mol. The SMILES string of the molecule is CCOc1ccc(C2C3=C(OC4CCCCC4C3=O)C(=O)N2c2nnc(C(C)C)s2)cc1OC. The zero-order chi connectivity index (χ0) is 24.0. The Morgan fingerprint density at radius 3 is 2.68 bits per heavy atom. The fourth-order valence-corrected chi connectivity index (χ4v) is 5.92. The van der Waals surface area contributed by atoms with E-state index in [9.17, 15) is 9.59 Å². The van der Waals surface area contributed by atoms with Crippen LogP contribution in [0.3, 0.4) is 0 Å². The molecule has 0 saturated heterocycles. The Balaban J connectivity index is 1.64. The van der Waals surface area contributed by atoms with Gasteiger partial charge in [-0.05, 0) is 43.9 Å². The van der Waals surface area contributed by atoms with Gasteiger partial charge in [0.25, 0.3) is 5.91 Å². The fraction of sp³-hybridized carbons (Fsp3) is 0.520. The second kappa shape index (κ2) is 9.02. The number of aromatic nitrogens is 2. The van der Waals surface area contributed by atoms with Crippen molar-refractivity contribution in [1.29, 1.82) is 0 Å². The number of Topliss-reactive ketones (excluding diaryl/α,β-unsaturated/α-hetero) is 1. The Labute approximate surface area is 202 Å². The van der Waals surface area contributed by atoms with E-state index in [2.05, 4.69) is 10.2 Å². The number of hydrogen-bond donors (Lipinski definition) is 0. The number of amides is 1. The summed E-state index contributed by atoms with van der Waals surface area (Å²) < 4.78 is 17.5. The number of carbonyl (C=O) groups excluding carboxylic acids is 2. The number of benzene rings is 1. The quantitative estimate of drug-likeness (QED) is 0.594. The molecular weight excluding hydrogens is 454 g/mol. The van der Waals surface area contributed by atoms with Crippen LogP contribution in [-0.2, 0) is 14.3 Å². The molecule has 2 aromatic rings. The van der Waals surface area contributed by atoms with Crippen molar-refractivity contribution in [2.45, 2.75) is 64.5 Å². The van der Waals surface area contributed by atoms with Crippen LogP contribution in [0, 0.1) is 5.92 Å². The first-order chi connectivity index (χ1) is 16.4. The maximum atomic E-state index is 13.8. The Morgan fingerprint density at radius 2 is 1.97 bits per heavy atom. The Bertz CT molecular complexity index is 1160. The molecule has 34 heavy (non-hydrogen) atoms. The average Bonchev–Trinajstić information content (AvgIpc) is 3.43. The molecule has 1 aromatic heterocycles. The number of nitrogens with zero attached hydrogens (tertiary/aromatic N) is 3. The van der Waals surface area contributed by atoms with Crippen LogP contribution in [0.5, 0.6) is 11.5 Å². The van der Waals surface area contributed by atoms with Gasteiger partial charge in [0.2, 0.25) is 5.13 Å². The standard InChI is InChI=1S/C25H29N3O5S/c1-5-32-17-11-10-14(12-18(17)31-4)20-19-21(29)15-8-6-7-9-16(15)33-22(19)24(30)28(20)25-27-26-23(34-25)13(2)3/h10-13,15-16,20H,5-9H2,1-4H3. The molecule has 180 valence electrons. The van der Waals surface area contributed by atoms with E-state index in [1.54, 1.807) is 12.0 Å². The van der Waals surface area contributed by atoms with Crippen LogP contribution >= 0.6 is 11.3 Å². The minimum Gasteiger partial charge on any atom is -0.493 e. The number of methoxy groups -OCH3 is 1. The van der Waals surface area contributed by atoms with Crippen molar-refractivity contribution in [2.24, 2.45) is 5.92 Å². The number of ether oxygens (including phenoxy) is 3. The summed E-state index contributed by atoms with van der Waals surface area (Å²) in [5.74, 6) is 0.942. The van der Waals surface area contributed by atoms with Crippen LogP contribution in [-0.4, -0.2) is 41.7 Å². The van der Waals surface area contributed by atoms with Crippen molar-refractivity contribution in [2.75, 3.05) is 18.6 Å². The summed E-state index contributed by atoms with van der Waals surface area (Å²) in [5, 5.41) is 9.91. The maximum Gasteiger partial charge on any atom is 0.296 e. The lowest BCUT2D eigenvalue weighted by atomic mass is 9.77. The molecule has 8 nitrogen and oxygen atoms in total. The van der Waals surface area contributed by atoms with Crippen molar-refractivity contribution >= 4 is 28.2 Å². The summed E-state index contributed by atoms with van der Waals surface area (Å²) in [6, 6.07) is 4.86. The lowest BCUT2D eigenvalue weighted by Gasteiger charge is -2.35. The largest absolute Gasteiger partial charge is 0.493 e. The molecule has 0 N–H and O–H groups in total. The van der Waals surface area contributed by atoms with Crippen molar-refractivity contribution in [3.8, 4) is 11.5 Å². The smallest absolute Gasteiger partial charge is 0.296 e. The Morgan fingerprint density at radius 1 is 1.18 bits per heavy atom. The number of hydrogen-bond acceptors (Lipinski definition) is 8. The maximum absolute atomic E-state index is 13.8. The minimum atomic E-state index is -0.657. The molecule has 3 heterocycles. The van der Waals surface area contributed by atoms with E-state index in [4.69, 9.17) is 14.2 Å². The Kier molecular flexibility index (Phi) is 6.06. The predicted molar refractivity (Wildman–Crippen MR) is 127 cm³/mol. The number of fused-ring (bicyclic) bond motifs is 1. The molecule has 0 spiro atoms. The van der Waals surface area contributed by atoms with Gasteiger partial charge in [-0.25, -0.2) is 0 Å². The summed E-state index contributed by atoms with van der Waals surface area (Å²) in [5.41, 5.74) is 1.16. The molecule has 1 fully saturated rings. The summed E-state index contributed by atoms with van der Waals surface area (Å²) >= 11 is 1.37. The highest BCUT2D eigenvalue weighted by molar-refractivity contribution is 7.15. The normalized spacial score (nSPS) is 24.3. The van der Waals surface area contributed by atoms with E-state index in [1.807, 2.05) is 39.0 Å². The van der Waals surface area contributed by atoms with E-state index in [0.717, 1.165) is 36.3 Å². The molecule has 5 rings (SSSR count). The number of rotatable bonds is 6. The van der Waals surface area contributed by atoms with Gasteiger partial charge in [0.1, 0.15) is 11.1 Å². The summed E-state index contributed by atoms with van der Waals surface area (Å²) in [7, 11) is 1.57. The molecule has 1 aromatic carbocycles. The fourth-order valence-electron chi connectivity index (χ4n) is 5.04. The van der Waals surface area contributed by atoms with Gasteiger partial charge in [0.15, 0.2) is 23.0 Å². The highest BCUT2D eigenvalue weighted by Crippen LogP contribution is 2.49. The van der Waals surface area contributed by atoms with Gasteiger partial charge in [0, 0.05) is 5.92 Å². The minimum absolute atomic E-state index is 0.00764. The third kappa shape index (κ3) is 3.66. The first-order valence-corrected chi connectivity index (χ1v) is 12.7. The molecule has 1 aliphatic carbocycles. The molecule has 9 heteroatoms. The number of ketones is 1. The molecule has 0 bridgehead atoms. The monoisotopic (exact) mass is 483 g/mol. The van der Waals surface area contributed by atoms with Gasteiger partial charge < -0.3 is 14.2 Å². The van der Waals surface area contributed by atoms with E-state index >= 15 is 0 Å². The van der Waals surface area contributed by atoms with Gasteiger partial charge in [-0.15, -0.1) is 10.2 Å². The summed E-state index contributed by atoms with van der Waals surface area (Å²) in [6.45, 7) is 6.47. The van der Waals surface area contributed by atoms with Crippen LogP contribution in [0.4, 0.5) is 5.13 Å². The van der Waals surface area contributed by atoms with Crippen LogP contribution in [0.25, 0.3) is 0 Å². The van der Waals surface area contributed by atoms with Crippen molar-refractivity contribution in [3.63, 3.8) is 0 Å². The van der Waals surface area contributed by atoms with Gasteiger partial charge in [-0.2, -0.15) is 0 Å². The van der Waals surface area contributed by atoms with Gasteiger partial charge in [-0.1, -0.05) is 37.7 Å². The molecule has 3 aliphatic rings. The second-order valence-electron chi connectivity index (χ2n) is 9.15. The Hall–Kier alpha value is -2.94. The zero-order valence-electron chi connectivity index (χ0n) is 19.9. The molecule has 3 unspecified atom stereocenters. The highest BCUT2D eigenvalue weighted by atomic mass is 32.1. The second-order valence-corrected chi connectivity index (χ2v) is 10.1. The third-order valence-corrected chi connectivity index (χ3v) is 7.92. The topological polar surface area (TPSA) is 90.9 Å². The first-order valence-electron chi connectivity index (χ1n) is 11.9.